The number of hydrogen-bond acceptors (Lipinski definition) is 5. The number of methoxy groups -OCH3 is 2. The molecule has 0 aliphatic rings. The van der Waals surface area contributed by atoms with Gasteiger partial charge >= 0.3 is 5.97 Å². The van der Waals surface area contributed by atoms with Crippen molar-refractivity contribution in [2.75, 3.05) is 14.2 Å². The van der Waals surface area contributed by atoms with Crippen molar-refractivity contribution in [3.8, 4) is 5.75 Å². The van der Waals surface area contributed by atoms with E-state index in [9.17, 15) is 14.9 Å². The molecule has 0 aliphatic heterocycles. The lowest BCUT2D eigenvalue weighted by Crippen LogP contribution is -2.03. The van der Waals surface area contributed by atoms with E-state index in [2.05, 4.69) is 20.9 Å². The third kappa shape index (κ3) is 3.28. The summed E-state index contributed by atoms with van der Waals surface area (Å²) in [6, 6.07) is 8.36. The number of nitrogens with one attached hydrogen (secondary N) is 1. The van der Waals surface area contributed by atoms with Crippen molar-refractivity contribution in [1.29, 1.82) is 0 Å². The fraction of sp³-hybridized carbons (Fsp3) is 0.167. The molecule has 3 rings (SSSR count). The van der Waals surface area contributed by atoms with E-state index in [1.54, 1.807) is 18.2 Å². The number of ether oxygens (including phenoxy) is 2. The molecule has 2 aromatic carbocycles. The number of carbonyl (C=O) groups is 1. The highest BCUT2D eigenvalue weighted by atomic mass is 79.9. The molecule has 0 unspecified atom stereocenters. The first-order chi connectivity index (χ1) is 12.4. The minimum Gasteiger partial charge on any atom is -0.496 e. The zero-order valence-electron chi connectivity index (χ0n) is 14.0. The van der Waals surface area contributed by atoms with E-state index >= 15 is 0 Å². The topological polar surface area (TPSA) is 94.5 Å². The van der Waals surface area contributed by atoms with Gasteiger partial charge in [0.15, 0.2) is 0 Å². The largest absolute Gasteiger partial charge is 0.496 e. The maximum Gasteiger partial charge on any atom is 0.337 e. The van der Waals surface area contributed by atoms with Gasteiger partial charge in [-0.25, -0.2) is 4.79 Å². The predicted octanol–water partition coefficient (Wildman–Crippen LogP) is 4.22. The van der Waals surface area contributed by atoms with Gasteiger partial charge < -0.3 is 14.5 Å². The maximum absolute atomic E-state index is 11.7. The van der Waals surface area contributed by atoms with Crippen molar-refractivity contribution in [2.24, 2.45) is 0 Å². The van der Waals surface area contributed by atoms with Crippen LogP contribution in [-0.2, 0) is 11.2 Å². The summed E-state index contributed by atoms with van der Waals surface area (Å²) in [6.07, 6.45) is 2.35. The molecule has 0 saturated heterocycles. The number of nitro groups is 1. The number of halogens is 1. The number of nitrogens with zero attached hydrogens (tertiary/aromatic N) is 1. The van der Waals surface area contributed by atoms with E-state index in [4.69, 9.17) is 9.47 Å². The Morgan fingerprint density at radius 2 is 2.00 bits per heavy atom. The predicted molar refractivity (Wildman–Crippen MR) is 99.8 cm³/mol. The van der Waals surface area contributed by atoms with Crippen LogP contribution in [-0.4, -0.2) is 30.1 Å². The Bertz CT molecular complexity index is 1010. The number of aromatic amines is 1. The molecule has 0 amide bonds. The molecule has 0 bridgehead atoms. The van der Waals surface area contributed by atoms with Gasteiger partial charge in [-0.05, 0) is 45.3 Å². The van der Waals surface area contributed by atoms with Crippen LogP contribution in [0.4, 0.5) is 5.69 Å². The molecule has 0 aliphatic carbocycles. The van der Waals surface area contributed by atoms with Gasteiger partial charge in [-0.2, -0.15) is 0 Å². The van der Waals surface area contributed by atoms with E-state index in [1.807, 2.05) is 12.3 Å². The molecule has 0 spiro atoms. The quantitative estimate of drug-likeness (QED) is 0.380. The number of fused-ring (bicyclic) bond motifs is 1. The van der Waals surface area contributed by atoms with Crippen LogP contribution in [0.3, 0.4) is 0 Å². The second-order valence-corrected chi connectivity index (χ2v) is 6.47. The Hall–Kier alpha value is -2.87. The Balaban J connectivity index is 2.00. The second-order valence-electron chi connectivity index (χ2n) is 5.62. The summed E-state index contributed by atoms with van der Waals surface area (Å²) in [5, 5.41) is 11.9. The molecular formula is C18H15BrN2O5. The van der Waals surface area contributed by atoms with Crippen molar-refractivity contribution in [3.05, 3.63) is 67.8 Å². The van der Waals surface area contributed by atoms with Crippen LogP contribution in [0.25, 0.3) is 10.9 Å². The number of benzene rings is 2. The van der Waals surface area contributed by atoms with Gasteiger partial charge in [0.2, 0.25) is 0 Å². The Kier molecular flexibility index (Phi) is 4.94. The summed E-state index contributed by atoms with van der Waals surface area (Å²) < 4.78 is 10.5. The van der Waals surface area contributed by atoms with Crippen LogP contribution in [0.15, 0.2) is 41.0 Å². The molecule has 0 saturated carbocycles. The summed E-state index contributed by atoms with van der Waals surface area (Å²) in [7, 11) is 2.86. The summed E-state index contributed by atoms with van der Waals surface area (Å²) >= 11 is 3.25. The summed E-state index contributed by atoms with van der Waals surface area (Å²) in [5.74, 6) is 0.140. The molecule has 3 aromatic rings. The van der Waals surface area contributed by atoms with E-state index in [0.29, 0.717) is 27.7 Å². The van der Waals surface area contributed by atoms with E-state index in [-0.39, 0.29) is 5.69 Å². The van der Waals surface area contributed by atoms with E-state index in [1.165, 1.54) is 20.3 Å². The lowest BCUT2D eigenvalue weighted by Gasteiger charge is -2.10. The van der Waals surface area contributed by atoms with Crippen LogP contribution in [0, 0.1) is 10.1 Å². The fourth-order valence-electron chi connectivity index (χ4n) is 2.82. The van der Waals surface area contributed by atoms with Gasteiger partial charge in [-0.3, -0.25) is 10.1 Å². The molecule has 0 radical (unpaired) electrons. The normalized spacial score (nSPS) is 10.7. The highest BCUT2D eigenvalue weighted by molar-refractivity contribution is 9.10. The van der Waals surface area contributed by atoms with Crippen molar-refractivity contribution >= 4 is 38.5 Å². The van der Waals surface area contributed by atoms with Crippen LogP contribution < -0.4 is 4.74 Å². The van der Waals surface area contributed by atoms with E-state index in [0.717, 1.165) is 16.5 Å². The molecule has 1 heterocycles. The molecule has 134 valence electrons. The third-order valence-corrected chi connectivity index (χ3v) is 4.76. The first-order valence-electron chi connectivity index (χ1n) is 7.63. The number of nitro benzene ring substituents is 1. The van der Waals surface area contributed by atoms with Gasteiger partial charge in [-0.15, -0.1) is 0 Å². The standard InChI is InChI=1S/C18H15BrN2O5/c1-25-17-6-11(18(22)26-2)4-3-10(17)5-12-9-20-15-8-16(21(23)24)14(19)7-13(12)15/h3-4,6-9,20H,5H2,1-2H3. The van der Waals surface area contributed by atoms with Gasteiger partial charge in [0, 0.05) is 24.1 Å². The van der Waals surface area contributed by atoms with Crippen molar-refractivity contribution < 1.29 is 19.2 Å². The fourth-order valence-corrected chi connectivity index (χ4v) is 3.30. The Labute approximate surface area is 157 Å². The average Bonchev–Trinajstić information content (AvgIpc) is 3.02. The van der Waals surface area contributed by atoms with E-state index < -0.39 is 10.9 Å². The molecule has 0 atom stereocenters. The zero-order valence-corrected chi connectivity index (χ0v) is 15.6. The SMILES string of the molecule is COC(=O)c1ccc(Cc2c[nH]c3cc([N+](=O)[O-])c(Br)cc23)c(OC)c1. The van der Waals surface area contributed by atoms with Crippen LogP contribution in [0.2, 0.25) is 0 Å². The Morgan fingerprint density at radius 1 is 1.23 bits per heavy atom. The first kappa shape index (κ1) is 17.9. The van der Waals surface area contributed by atoms with Gasteiger partial charge in [0.05, 0.1) is 34.7 Å². The zero-order chi connectivity index (χ0) is 18.8. The first-order valence-corrected chi connectivity index (χ1v) is 8.43. The average molecular weight is 419 g/mol. The number of carbonyl (C=O) groups excluding carboxylic acids is 1. The second kappa shape index (κ2) is 7.17. The van der Waals surface area contributed by atoms with Crippen LogP contribution in [0.5, 0.6) is 5.75 Å². The number of H-pyrrole nitrogens is 1. The van der Waals surface area contributed by atoms with Crippen molar-refractivity contribution in [2.45, 2.75) is 6.42 Å². The molecule has 7 nitrogen and oxygen atoms in total. The minimum atomic E-state index is -0.432. The molecule has 0 fully saturated rings. The number of esters is 1. The monoisotopic (exact) mass is 418 g/mol. The Morgan fingerprint density at radius 3 is 2.65 bits per heavy atom. The number of rotatable bonds is 5. The van der Waals surface area contributed by atoms with Gasteiger partial charge in [-0.1, -0.05) is 6.07 Å². The van der Waals surface area contributed by atoms with Gasteiger partial charge in [0.1, 0.15) is 5.75 Å². The molecule has 1 aromatic heterocycles. The lowest BCUT2D eigenvalue weighted by molar-refractivity contribution is -0.385. The molecular weight excluding hydrogens is 404 g/mol. The summed E-state index contributed by atoms with van der Waals surface area (Å²) in [6.45, 7) is 0. The number of aromatic nitrogens is 1. The lowest BCUT2D eigenvalue weighted by atomic mass is 10.0. The molecule has 8 heteroatoms. The third-order valence-electron chi connectivity index (χ3n) is 4.12. The summed E-state index contributed by atoms with van der Waals surface area (Å²) in [5.41, 5.74) is 2.94. The minimum absolute atomic E-state index is 0.00547. The van der Waals surface area contributed by atoms with Crippen molar-refractivity contribution in [1.82, 2.24) is 4.98 Å². The molecule has 1 N–H and O–H groups in total. The summed E-state index contributed by atoms with van der Waals surface area (Å²) in [4.78, 5) is 25.4. The maximum atomic E-state index is 11.7. The van der Waals surface area contributed by atoms with Crippen molar-refractivity contribution in [3.63, 3.8) is 0 Å². The highest BCUT2D eigenvalue weighted by Crippen LogP contribution is 2.33. The van der Waals surface area contributed by atoms with Gasteiger partial charge in [0.25, 0.3) is 5.69 Å². The smallest absolute Gasteiger partial charge is 0.337 e. The highest BCUT2D eigenvalue weighted by Gasteiger charge is 2.17. The van der Waals surface area contributed by atoms with Crippen LogP contribution >= 0.6 is 15.9 Å². The number of hydrogen-bond donors (Lipinski definition) is 1. The molecule has 26 heavy (non-hydrogen) atoms. The van der Waals surface area contributed by atoms with Crippen LogP contribution in [0.1, 0.15) is 21.5 Å².